The van der Waals surface area contributed by atoms with Crippen molar-refractivity contribution in [1.29, 1.82) is 0 Å². The molecule has 2 amide bonds. The number of benzene rings is 2. The molecule has 0 aromatic heterocycles. The van der Waals surface area contributed by atoms with E-state index in [1.54, 1.807) is 0 Å². The molecule has 184 valence electrons. The summed E-state index contributed by atoms with van der Waals surface area (Å²) in [5, 5.41) is 5.84. The molecule has 1 saturated heterocycles. The fourth-order valence-corrected chi connectivity index (χ4v) is 4.12. The molecule has 2 aromatic carbocycles. The number of ether oxygens (including phenoxy) is 2. The minimum absolute atomic E-state index is 0.122. The van der Waals surface area contributed by atoms with Crippen molar-refractivity contribution in [3.63, 3.8) is 0 Å². The zero-order chi connectivity index (χ0) is 24.3. The number of carbonyl (C=O) groups is 2. The lowest BCUT2D eigenvalue weighted by atomic mass is 10.0. The fraction of sp³-hybridized carbons (Fsp3) is 0.481. The zero-order valence-electron chi connectivity index (χ0n) is 20.5. The highest BCUT2D eigenvalue weighted by Crippen LogP contribution is 2.19. The number of aryl methyl sites for hydroxylation is 1. The van der Waals surface area contributed by atoms with Gasteiger partial charge >= 0.3 is 0 Å². The van der Waals surface area contributed by atoms with E-state index in [0.29, 0.717) is 19.2 Å². The molecule has 7 nitrogen and oxygen atoms in total. The molecule has 2 aromatic rings. The van der Waals surface area contributed by atoms with Crippen LogP contribution in [0.1, 0.15) is 48.9 Å². The van der Waals surface area contributed by atoms with Gasteiger partial charge < -0.3 is 20.1 Å². The van der Waals surface area contributed by atoms with Crippen LogP contribution in [0.3, 0.4) is 0 Å². The van der Waals surface area contributed by atoms with Gasteiger partial charge in [-0.2, -0.15) is 0 Å². The minimum Gasteiger partial charge on any atom is -0.492 e. The highest BCUT2D eigenvalue weighted by atomic mass is 16.5. The fourth-order valence-electron chi connectivity index (χ4n) is 4.12. The van der Waals surface area contributed by atoms with Gasteiger partial charge in [-0.25, -0.2) is 0 Å². The zero-order valence-corrected chi connectivity index (χ0v) is 20.5. The first-order valence-corrected chi connectivity index (χ1v) is 12.0. The molecule has 0 radical (unpaired) electrons. The Balaban J connectivity index is 1.46. The molecule has 1 aliphatic heterocycles. The molecule has 1 fully saturated rings. The highest BCUT2D eigenvalue weighted by molar-refractivity contribution is 5.79. The van der Waals surface area contributed by atoms with E-state index in [1.807, 2.05) is 55.5 Å². The number of hydrogen-bond acceptors (Lipinski definition) is 5. The average Bonchev–Trinajstić information content (AvgIpc) is 2.83. The van der Waals surface area contributed by atoms with E-state index in [9.17, 15) is 9.59 Å². The smallest absolute Gasteiger partial charge is 0.222 e. The van der Waals surface area contributed by atoms with Crippen LogP contribution in [0.25, 0.3) is 0 Å². The molecule has 0 aliphatic carbocycles. The minimum atomic E-state index is -0.361. The molecule has 1 unspecified atom stereocenters. The van der Waals surface area contributed by atoms with E-state index in [2.05, 4.69) is 22.6 Å². The number of rotatable bonds is 11. The van der Waals surface area contributed by atoms with Gasteiger partial charge in [-0.1, -0.05) is 42.0 Å². The number of amides is 2. The predicted octanol–water partition coefficient (Wildman–Crippen LogP) is 3.37. The maximum atomic E-state index is 12.6. The molecule has 2 N–H and O–H groups in total. The highest BCUT2D eigenvalue weighted by Gasteiger charge is 2.18. The molecule has 0 bridgehead atoms. The lowest BCUT2D eigenvalue weighted by Crippen LogP contribution is -2.38. The number of nitrogens with one attached hydrogen (secondary N) is 2. The van der Waals surface area contributed by atoms with Crippen molar-refractivity contribution in [2.24, 2.45) is 0 Å². The van der Waals surface area contributed by atoms with Gasteiger partial charge in [0.25, 0.3) is 0 Å². The van der Waals surface area contributed by atoms with Gasteiger partial charge in [-0.15, -0.1) is 0 Å². The Morgan fingerprint density at radius 1 is 1.15 bits per heavy atom. The number of carbonyl (C=O) groups excluding carboxylic acids is 2. The van der Waals surface area contributed by atoms with Crippen molar-refractivity contribution in [1.82, 2.24) is 15.5 Å². The van der Waals surface area contributed by atoms with Gasteiger partial charge in [-0.3, -0.25) is 14.5 Å². The summed E-state index contributed by atoms with van der Waals surface area (Å²) >= 11 is 0. The van der Waals surface area contributed by atoms with Crippen LogP contribution in [-0.2, 0) is 20.9 Å². The molecule has 1 atom stereocenters. The van der Waals surface area contributed by atoms with Crippen LogP contribution in [0.2, 0.25) is 0 Å². The second-order valence-electron chi connectivity index (χ2n) is 8.96. The van der Waals surface area contributed by atoms with Gasteiger partial charge in [-0.05, 0) is 50.1 Å². The number of nitrogens with zero attached hydrogens (tertiary/aromatic N) is 1. The van der Waals surface area contributed by atoms with Crippen molar-refractivity contribution in [3.8, 4) is 5.75 Å². The summed E-state index contributed by atoms with van der Waals surface area (Å²) in [7, 11) is 2.14. The Morgan fingerprint density at radius 3 is 2.59 bits per heavy atom. The third-order valence-electron chi connectivity index (χ3n) is 6.16. The standard InChI is InChI=1S/C27H37N3O4/c1-20-7-9-23(10-8-20)26(29-21(2)31)18-27(32)28-19-22-5-4-6-25(17-22)34-16-13-30(3)24-11-14-33-15-12-24/h4-10,17,24,26H,11-16,18-19H2,1-3H3,(H,28,32)(H,29,31). The van der Waals surface area contributed by atoms with Crippen LogP contribution in [0.15, 0.2) is 48.5 Å². The van der Waals surface area contributed by atoms with Gasteiger partial charge in [0.2, 0.25) is 11.8 Å². The average molecular weight is 468 g/mol. The Hall–Kier alpha value is -2.90. The van der Waals surface area contributed by atoms with Crippen molar-refractivity contribution in [3.05, 3.63) is 65.2 Å². The van der Waals surface area contributed by atoms with Crippen molar-refractivity contribution in [2.45, 2.75) is 51.7 Å². The van der Waals surface area contributed by atoms with Gasteiger partial charge in [0, 0.05) is 39.3 Å². The summed E-state index contributed by atoms with van der Waals surface area (Å²) in [6.45, 7) is 7.00. The Morgan fingerprint density at radius 2 is 1.88 bits per heavy atom. The topological polar surface area (TPSA) is 79.9 Å². The monoisotopic (exact) mass is 467 g/mol. The molecular weight excluding hydrogens is 430 g/mol. The first-order chi connectivity index (χ1) is 16.4. The van der Waals surface area contributed by atoms with E-state index in [4.69, 9.17) is 9.47 Å². The van der Waals surface area contributed by atoms with Crippen LogP contribution >= 0.6 is 0 Å². The maximum absolute atomic E-state index is 12.6. The Kier molecular flexibility index (Phi) is 9.91. The van der Waals surface area contributed by atoms with Crippen molar-refractivity contribution >= 4 is 11.8 Å². The molecule has 34 heavy (non-hydrogen) atoms. The Bertz CT molecular complexity index is 926. The van der Waals surface area contributed by atoms with E-state index >= 15 is 0 Å². The molecule has 3 rings (SSSR count). The molecule has 1 aliphatic rings. The van der Waals surface area contributed by atoms with E-state index < -0.39 is 0 Å². The Labute approximate surface area is 202 Å². The number of hydrogen-bond donors (Lipinski definition) is 2. The third-order valence-corrected chi connectivity index (χ3v) is 6.16. The van der Waals surface area contributed by atoms with Crippen LogP contribution in [-0.4, -0.2) is 56.2 Å². The second kappa shape index (κ2) is 13.1. The lowest BCUT2D eigenvalue weighted by molar-refractivity contribution is -0.122. The summed E-state index contributed by atoms with van der Waals surface area (Å²) in [6, 6.07) is 15.8. The van der Waals surface area contributed by atoms with Crippen LogP contribution in [0.5, 0.6) is 5.75 Å². The van der Waals surface area contributed by atoms with E-state index in [1.165, 1.54) is 6.92 Å². The summed E-state index contributed by atoms with van der Waals surface area (Å²) in [5.74, 6) is 0.511. The quantitative estimate of drug-likeness (QED) is 0.530. The van der Waals surface area contributed by atoms with Crippen LogP contribution in [0, 0.1) is 6.92 Å². The molecule has 1 heterocycles. The largest absolute Gasteiger partial charge is 0.492 e. The van der Waals surface area contributed by atoms with Gasteiger partial charge in [0.1, 0.15) is 12.4 Å². The molecule has 0 spiro atoms. The summed E-state index contributed by atoms with van der Waals surface area (Å²) in [5.41, 5.74) is 3.01. The van der Waals surface area contributed by atoms with Crippen LogP contribution < -0.4 is 15.4 Å². The first-order valence-electron chi connectivity index (χ1n) is 12.0. The van der Waals surface area contributed by atoms with Crippen LogP contribution in [0.4, 0.5) is 0 Å². The maximum Gasteiger partial charge on any atom is 0.222 e. The molecule has 7 heteroatoms. The summed E-state index contributed by atoms with van der Waals surface area (Å²) < 4.78 is 11.4. The first kappa shape index (κ1) is 25.7. The second-order valence-corrected chi connectivity index (χ2v) is 8.96. The number of likely N-dealkylation sites (N-methyl/N-ethyl adjacent to an activating group) is 1. The third kappa shape index (κ3) is 8.47. The SMILES string of the molecule is CC(=O)NC(CC(=O)NCc1cccc(OCCN(C)C2CCOCC2)c1)c1ccc(C)cc1. The normalized spacial score (nSPS) is 15.1. The van der Waals surface area contributed by atoms with Gasteiger partial charge in [0.05, 0.1) is 12.5 Å². The van der Waals surface area contributed by atoms with Crippen molar-refractivity contribution in [2.75, 3.05) is 33.4 Å². The summed E-state index contributed by atoms with van der Waals surface area (Å²) in [4.78, 5) is 26.6. The molecule has 0 saturated carbocycles. The van der Waals surface area contributed by atoms with Crippen molar-refractivity contribution < 1.29 is 19.1 Å². The lowest BCUT2D eigenvalue weighted by Gasteiger charge is -2.31. The van der Waals surface area contributed by atoms with Gasteiger partial charge in [0.15, 0.2) is 0 Å². The predicted molar refractivity (Wildman–Crippen MR) is 133 cm³/mol. The summed E-state index contributed by atoms with van der Waals surface area (Å²) in [6.07, 6.45) is 2.31. The van der Waals surface area contributed by atoms with E-state index in [-0.39, 0.29) is 24.3 Å². The van der Waals surface area contributed by atoms with E-state index in [0.717, 1.165) is 55.0 Å². The molecular formula is C27H37N3O4.